The molecule has 3 heterocycles. The monoisotopic (exact) mass is 411 g/mol. The summed E-state index contributed by atoms with van der Waals surface area (Å²) in [6.07, 6.45) is 1.22. The van der Waals surface area contributed by atoms with E-state index in [0.717, 1.165) is 19.2 Å². The Bertz CT molecular complexity index is 1280. The number of rotatable bonds is 2. The van der Waals surface area contributed by atoms with Crippen LogP contribution in [-0.4, -0.2) is 58.9 Å². The number of carboxylic acids is 1. The van der Waals surface area contributed by atoms with Gasteiger partial charge in [0.25, 0.3) is 0 Å². The summed E-state index contributed by atoms with van der Waals surface area (Å²) in [5.74, 6) is -1.73. The van der Waals surface area contributed by atoms with Crippen LogP contribution in [0.3, 0.4) is 0 Å². The fourth-order valence-corrected chi connectivity index (χ4v) is 4.07. The van der Waals surface area contributed by atoms with Crippen molar-refractivity contribution in [2.45, 2.75) is 0 Å². The number of carbonyl (C=O) groups is 1. The number of ether oxygens (including phenoxy) is 1. The van der Waals surface area contributed by atoms with Gasteiger partial charge in [-0.15, -0.1) is 0 Å². The van der Waals surface area contributed by atoms with E-state index in [1.165, 1.54) is 22.9 Å². The van der Waals surface area contributed by atoms with Crippen LogP contribution < -0.4 is 15.1 Å². The van der Waals surface area contributed by atoms with Gasteiger partial charge >= 0.3 is 5.97 Å². The summed E-state index contributed by atoms with van der Waals surface area (Å²) in [6, 6.07) is 5.46. The third-order valence-corrected chi connectivity index (χ3v) is 5.64. The van der Waals surface area contributed by atoms with Crippen molar-refractivity contribution in [3.8, 4) is 22.9 Å². The Balaban J connectivity index is 1.87. The number of halogens is 1. The van der Waals surface area contributed by atoms with E-state index in [9.17, 15) is 19.8 Å². The van der Waals surface area contributed by atoms with E-state index in [1.54, 1.807) is 6.07 Å². The molecule has 1 aromatic heterocycles. The van der Waals surface area contributed by atoms with E-state index in [1.807, 2.05) is 11.9 Å². The molecule has 2 aliphatic heterocycles. The molecule has 0 atom stereocenters. The Morgan fingerprint density at radius 2 is 1.90 bits per heavy atom. The van der Waals surface area contributed by atoms with Crippen LogP contribution in [0.2, 0.25) is 0 Å². The largest absolute Gasteiger partial charge is 0.508 e. The van der Waals surface area contributed by atoms with E-state index in [0.29, 0.717) is 24.3 Å². The van der Waals surface area contributed by atoms with E-state index >= 15 is 4.39 Å². The maximum absolute atomic E-state index is 15.3. The number of benzene rings is 2. The van der Waals surface area contributed by atoms with Gasteiger partial charge in [0.05, 0.1) is 11.1 Å². The molecule has 0 radical (unpaired) electrons. The predicted molar refractivity (Wildman–Crippen MR) is 108 cm³/mol. The highest BCUT2D eigenvalue weighted by Crippen LogP contribution is 2.47. The standard InChI is InChI=1S/C21H18FN3O5/c1-23-4-6-24(7-5-23)18-14(22)9-12-17-20(18)30-16-8-11(26)2-3-15(16)25(17)10-13(19(12)27)21(28)29/h2-3,8-10,26H,4-7H2,1H3,(H,28,29). The molecule has 2 aromatic carbocycles. The molecule has 5 rings (SSSR count). The Morgan fingerprint density at radius 1 is 1.17 bits per heavy atom. The molecule has 0 amide bonds. The second kappa shape index (κ2) is 6.46. The molecule has 0 unspecified atom stereocenters. The zero-order valence-electron chi connectivity index (χ0n) is 16.1. The van der Waals surface area contributed by atoms with E-state index in [-0.39, 0.29) is 28.3 Å². The third kappa shape index (κ3) is 2.62. The van der Waals surface area contributed by atoms with Gasteiger partial charge in [-0.3, -0.25) is 4.79 Å². The first kappa shape index (κ1) is 18.4. The molecule has 154 valence electrons. The lowest BCUT2D eigenvalue weighted by molar-refractivity contribution is 0.0695. The smallest absolute Gasteiger partial charge is 0.341 e. The molecule has 2 aliphatic rings. The van der Waals surface area contributed by atoms with Gasteiger partial charge in [0.15, 0.2) is 17.3 Å². The van der Waals surface area contributed by atoms with Crippen molar-refractivity contribution in [2.75, 3.05) is 38.1 Å². The summed E-state index contributed by atoms with van der Waals surface area (Å²) in [4.78, 5) is 28.4. The van der Waals surface area contributed by atoms with Crippen LogP contribution in [0.1, 0.15) is 10.4 Å². The summed E-state index contributed by atoms with van der Waals surface area (Å²) >= 11 is 0. The highest BCUT2D eigenvalue weighted by atomic mass is 19.1. The van der Waals surface area contributed by atoms with Crippen molar-refractivity contribution in [2.24, 2.45) is 0 Å². The zero-order valence-corrected chi connectivity index (χ0v) is 16.1. The number of hydrogen-bond acceptors (Lipinski definition) is 6. The first-order valence-corrected chi connectivity index (χ1v) is 9.45. The van der Waals surface area contributed by atoms with Gasteiger partial charge in [0.2, 0.25) is 5.43 Å². The minimum absolute atomic E-state index is 0.0505. The Hall–Kier alpha value is -3.59. The molecule has 1 saturated heterocycles. The van der Waals surface area contributed by atoms with Crippen molar-refractivity contribution >= 4 is 22.6 Å². The predicted octanol–water partition coefficient (Wildman–Crippen LogP) is 2.39. The average molecular weight is 411 g/mol. The second-order valence-electron chi connectivity index (χ2n) is 7.52. The first-order chi connectivity index (χ1) is 14.3. The Kier molecular flexibility index (Phi) is 3.97. The van der Waals surface area contributed by atoms with Crippen molar-refractivity contribution in [1.29, 1.82) is 0 Å². The number of aromatic carboxylic acids is 1. The average Bonchev–Trinajstić information content (AvgIpc) is 2.70. The van der Waals surface area contributed by atoms with Crippen molar-refractivity contribution in [3.63, 3.8) is 0 Å². The number of nitrogens with zero attached hydrogens (tertiary/aromatic N) is 3. The van der Waals surface area contributed by atoms with E-state index in [4.69, 9.17) is 4.74 Å². The number of likely N-dealkylation sites (N-methyl/N-ethyl adjacent to an activating group) is 1. The number of phenols is 1. The maximum atomic E-state index is 15.3. The molecule has 2 N–H and O–H groups in total. The molecule has 30 heavy (non-hydrogen) atoms. The summed E-state index contributed by atoms with van der Waals surface area (Å²) in [5.41, 5.74) is -0.270. The molecule has 0 aliphatic carbocycles. The highest BCUT2D eigenvalue weighted by molar-refractivity contribution is 5.99. The summed E-state index contributed by atoms with van der Waals surface area (Å²) in [7, 11) is 1.98. The number of hydrogen-bond donors (Lipinski definition) is 2. The van der Waals surface area contributed by atoms with Gasteiger partial charge in [0.1, 0.15) is 22.5 Å². The Morgan fingerprint density at radius 3 is 2.60 bits per heavy atom. The SMILES string of the molecule is CN1CCN(c2c(F)cc3c(=O)c(C(=O)O)cn4c3c2Oc2cc(O)ccc2-4)CC1. The van der Waals surface area contributed by atoms with Crippen LogP contribution >= 0.6 is 0 Å². The van der Waals surface area contributed by atoms with Crippen LogP contribution in [-0.2, 0) is 0 Å². The third-order valence-electron chi connectivity index (χ3n) is 5.64. The number of aromatic nitrogens is 1. The van der Waals surface area contributed by atoms with Gasteiger partial charge in [-0.1, -0.05) is 0 Å². The second-order valence-corrected chi connectivity index (χ2v) is 7.52. The minimum Gasteiger partial charge on any atom is -0.508 e. The fourth-order valence-electron chi connectivity index (χ4n) is 4.07. The highest BCUT2D eigenvalue weighted by Gasteiger charge is 2.31. The zero-order chi connectivity index (χ0) is 21.2. The van der Waals surface area contributed by atoms with Crippen molar-refractivity contribution in [3.05, 3.63) is 52.1 Å². The number of fused-ring (bicyclic) bond motifs is 2. The van der Waals surface area contributed by atoms with Gasteiger partial charge < -0.3 is 29.3 Å². The van der Waals surface area contributed by atoms with Gasteiger partial charge in [-0.2, -0.15) is 0 Å². The molecule has 9 heteroatoms. The topological polar surface area (TPSA) is 95.2 Å². The lowest BCUT2D eigenvalue weighted by Crippen LogP contribution is -2.45. The van der Waals surface area contributed by atoms with Gasteiger partial charge in [-0.25, -0.2) is 9.18 Å². The van der Waals surface area contributed by atoms with E-state index in [2.05, 4.69) is 4.90 Å². The minimum atomic E-state index is -1.40. The molecule has 3 aromatic rings. The number of carboxylic acid groups (broad SMARTS) is 1. The lowest BCUT2D eigenvalue weighted by Gasteiger charge is -2.36. The molecule has 0 spiro atoms. The van der Waals surface area contributed by atoms with Crippen LogP contribution in [0.4, 0.5) is 10.1 Å². The summed E-state index contributed by atoms with van der Waals surface area (Å²) in [5, 5.41) is 19.3. The summed E-state index contributed by atoms with van der Waals surface area (Å²) in [6.45, 7) is 2.61. The number of piperazine rings is 1. The number of aromatic hydroxyl groups is 1. The Labute approximate surface area is 169 Å². The van der Waals surface area contributed by atoms with Crippen molar-refractivity contribution < 1.29 is 24.1 Å². The maximum Gasteiger partial charge on any atom is 0.341 e. The number of pyridine rings is 1. The molecule has 1 fully saturated rings. The molecule has 0 saturated carbocycles. The van der Waals surface area contributed by atoms with Crippen LogP contribution in [0, 0.1) is 5.82 Å². The van der Waals surface area contributed by atoms with Crippen LogP contribution in [0.15, 0.2) is 35.3 Å². The number of phenolic OH excluding ortho intramolecular Hbond substituents is 1. The molecule has 8 nitrogen and oxygen atoms in total. The molecular formula is C21H18FN3O5. The van der Waals surface area contributed by atoms with E-state index < -0.39 is 22.8 Å². The van der Waals surface area contributed by atoms with Gasteiger partial charge in [-0.05, 0) is 25.2 Å². The van der Waals surface area contributed by atoms with Crippen LogP contribution in [0.5, 0.6) is 17.2 Å². The van der Waals surface area contributed by atoms with Crippen LogP contribution in [0.25, 0.3) is 16.6 Å². The van der Waals surface area contributed by atoms with Gasteiger partial charge in [0, 0.05) is 38.4 Å². The first-order valence-electron chi connectivity index (χ1n) is 9.45. The molecule has 0 bridgehead atoms. The quantitative estimate of drug-likeness (QED) is 0.523. The molecular weight excluding hydrogens is 393 g/mol. The normalized spacial score (nSPS) is 15.7. The lowest BCUT2D eigenvalue weighted by atomic mass is 10.1. The van der Waals surface area contributed by atoms with Crippen molar-refractivity contribution in [1.82, 2.24) is 9.47 Å². The summed E-state index contributed by atoms with van der Waals surface area (Å²) < 4.78 is 22.8. The fraction of sp³-hybridized carbons (Fsp3) is 0.238. The number of anilines is 1.